The lowest BCUT2D eigenvalue weighted by Gasteiger charge is -2.06. The van der Waals surface area contributed by atoms with Crippen LogP contribution in [0.4, 0.5) is 8.78 Å². The number of carboxylic acids is 1. The molecule has 1 heterocycles. The Balaban J connectivity index is 2.42. The van der Waals surface area contributed by atoms with Gasteiger partial charge in [-0.2, -0.15) is 13.9 Å². The van der Waals surface area contributed by atoms with Crippen LogP contribution in [0.5, 0.6) is 5.75 Å². The predicted octanol–water partition coefficient (Wildman–Crippen LogP) is 2.65. The number of hydrogen-bond acceptors (Lipinski definition) is 3. The smallest absolute Gasteiger partial charge is 0.339 e. The second kappa shape index (κ2) is 5.05. The van der Waals surface area contributed by atoms with E-state index >= 15 is 0 Å². The maximum Gasteiger partial charge on any atom is 0.339 e. The first-order chi connectivity index (χ1) is 9.02. The number of aromatic nitrogens is 2. The van der Waals surface area contributed by atoms with Gasteiger partial charge >= 0.3 is 12.5 Å². The Bertz CT molecular complexity index is 611. The topological polar surface area (TPSA) is 64.4 Å². The summed E-state index contributed by atoms with van der Waals surface area (Å²) in [7, 11) is 1.34. The molecule has 0 aliphatic rings. The van der Waals surface area contributed by atoms with E-state index in [1.54, 1.807) is 0 Å². The third-order valence-corrected chi connectivity index (χ3v) is 2.57. The highest BCUT2D eigenvalue weighted by Gasteiger charge is 2.14. The van der Waals surface area contributed by atoms with E-state index in [9.17, 15) is 13.6 Å². The number of carbonyl (C=O) groups is 1. The fourth-order valence-electron chi connectivity index (χ4n) is 1.64. The number of rotatable bonds is 4. The molecule has 5 nitrogen and oxygen atoms in total. The molecule has 0 unspecified atom stereocenters. The van der Waals surface area contributed by atoms with E-state index in [0.717, 1.165) is 0 Å². The van der Waals surface area contributed by atoms with Gasteiger partial charge in [0.1, 0.15) is 11.3 Å². The summed E-state index contributed by atoms with van der Waals surface area (Å²) in [6, 6.07) is 4.34. The highest BCUT2D eigenvalue weighted by molar-refractivity contribution is 5.91. The van der Waals surface area contributed by atoms with E-state index in [1.807, 2.05) is 0 Å². The van der Waals surface area contributed by atoms with Gasteiger partial charge in [0.2, 0.25) is 0 Å². The van der Waals surface area contributed by atoms with Crippen LogP contribution in [-0.2, 0) is 0 Å². The summed E-state index contributed by atoms with van der Waals surface area (Å²) in [5.41, 5.74) is 1.01. The average Bonchev–Trinajstić information content (AvgIpc) is 2.87. The quantitative estimate of drug-likeness (QED) is 0.925. The fourth-order valence-corrected chi connectivity index (χ4v) is 1.64. The average molecular weight is 268 g/mol. The van der Waals surface area contributed by atoms with E-state index in [-0.39, 0.29) is 11.3 Å². The van der Waals surface area contributed by atoms with Crippen molar-refractivity contribution >= 4 is 5.97 Å². The predicted molar refractivity (Wildman–Crippen MR) is 62.4 cm³/mol. The van der Waals surface area contributed by atoms with Crippen LogP contribution in [0.1, 0.15) is 16.9 Å². The zero-order valence-corrected chi connectivity index (χ0v) is 9.88. The molecule has 0 spiro atoms. The summed E-state index contributed by atoms with van der Waals surface area (Å²) in [4.78, 5) is 10.9. The van der Waals surface area contributed by atoms with Crippen molar-refractivity contribution in [3.63, 3.8) is 0 Å². The summed E-state index contributed by atoms with van der Waals surface area (Å²) in [5.74, 6) is -0.957. The Hall–Kier alpha value is -2.44. The number of aromatic carboxylic acids is 1. The fraction of sp³-hybridized carbons (Fsp3) is 0.167. The normalized spacial score (nSPS) is 10.7. The Labute approximate surface area is 107 Å². The van der Waals surface area contributed by atoms with Gasteiger partial charge in [0.15, 0.2) is 0 Å². The number of nitrogens with zero attached hydrogens (tertiary/aromatic N) is 2. The van der Waals surface area contributed by atoms with Crippen LogP contribution in [0.2, 0.25) is 0 Å². The summed E-state index contributed by atoms with van der Waals surface area (Å²) >= 11 is 0. The van der Waals surface area contributed by atoms with Gasteiger partial charge in [-0.3, -0.25) is 0 Å². The lowest BCUT2D eigenvalue weighted by molar-refractivity contribution is 0.0566. The zero-order valence-electron chi connectivity index (χ0n) is 9.88. The Morgan fingerprint density at radius 3 is 2.68 bits per heavy atom. The molecule has 0 bridgehead atoms. The highest BCUT2D eigenvalue weighted by atomic mass is 19.3. The zero-order chi connectivity index (χ0) is 14.0. The third kappa shape index (κ3) is 2.54. The Morgan fingerprint density at radius 2 is 2.16 bits per heavy atom. The molecule has 0 aliphatic heterocycles. The molecular weight excluding hydrogens is 258 g/mol. The van der Waals surface area contributed by atoms with Crippen molar-refractivity contribution < 1.29 is 23.4 Å². The first-order valence-corrected chi connectivity index (χ1v) is 5.27. The first-order valence-electron chi connectivity index (χ1n) is 5.27. The second-order valence-electron chi connectivity index (χ2n) is 3.71. The molecule has 0 atom stereocenters. The lowest BCUT2D eigenvalue weighted by atomic mass is 10.1. The second-order valence-corrected chi connectivity index (χ2v) is 3.71. The molecular formula is C12H10F2N2O3. The molecule has 0 amide bonds. The molecule has 2 aromatic rings. The summed E-state index contributed by atoms with van der Waals surface area (Å²) < 4.78 is 30.3. The molecule has 0 saturated carbocycles. The minimum absolute atomic E-state index is 0.00695. The maximum absolute atomic E-state index is 12.4. The van der Waals surface area contributed by atoms with Gasteiger partial charge in [0.05, 0.1) is 13.3 Å². The molecule has 0 radical (unpaired) electrons. The van der Waals surface area contributed by atoms with E-state index in [0.29, 0.717) is 15.8 Å². The van der Waals surface area contributed by atoms with Crippen LogP contribution in [0.25, 0.3) is 11.1 Å². The van der Waals surface area contributed by atoms with E-state index in [1.165, 1.54) is 37.7 Å². The van der Waals surface area contributed by atoms with Crippen LogP contribution in [0.3, 0.4) is 0 Å². The molecule has 2 rings (SSSR count). The standard InChI is InChI=1S/C12H10F2N2O3/c1-19-10-4-7(2-3-9(10)11(17)18)8-5-15-16(6-8)12(13)14/h2-6,12H,1H3,(H,17,18). The molecule has 7 heteroatoms. The summed E-state index contributed by atoms with van der Waals surface area (Å²) in [6.45, 7) is -2.71. The molecule has 100 valence electrons. The molecule has 1 N–H and O–H groups in total. The van der Waals surface area contributed by atoms with Crippen molar-refractivity contribution in [2.24, 2.45) is 0 Å². The van der Waals surface area contributed by atoms with Crippen LogP contribution in [0.15, 0.2) is 30.6 Å². The van der Waals surface area contributed by atoms with Crippen LogP contribution in [0, 0.1) is 0 Å². The van der Waals surface area contributed by atoms with Crippen LogP contribution in [-0.4, -0.2) is 28.0 Å². The van der Waals surface area contributed by atoms with Gasteiger partial charge in [-0.15, -0.1) is 0 Å². The number of benzene rings is 1. The van der Waals surface area contributed by atoms with Crippen molar-refractivity contribution in [2.75, 3.05) is 7.11 Å². The Morgan fingerprint density at radius 1 is 1.42 bits per heavy atom. The lowest BCUT2D eigenvalue weighted by Crippen LogP contribution is -2.00. The molecule has 0 saturated heterocycles. The molecule has 1 aromatic carbocycles. The van der Waals surface area contributed by atoms with E-state index in [2.05, 4.69) is 5.10 Å². The number of alkyl halides is 2. The van der Waals surface area contributed by atoms with Crippen molar-refractivity contribution in [3.05, 3.63) is 36.2 Å². The van der Waals surface area contributed by atoms with Crippen molar-refractivity contribution in [1.29, 1.82) is 0 Å². The first kappa shape index (κ1) is 13.0. The molecule has 0 fully saturated rings. The van der Waals surface area contributed by atoms with Gasteiger partial charge < -0.3 is 9.84 Å². The molecule has 0 aliphatic carbocycles. The highest BCUT2D eigenvalue weighted by Crippen LogP contribution is 2.27. The number of hydrogen-bond donors (Lipinski definition) is 1. The molecule has 19 heavy (non-hydrogen) atoms. The number of ether oxygens (including phenoxy) is 1. The van der Waals surface area contributed by atoms with Gasteiger partial charge in [-0.1, -0.05) is 6.07 Å². The van der Waals surface area contributed by atoms with Gasteiger partial charge in [0, 0.05) is 11.8 Å². The maximum atomic E-state index is 12.4. The third-order valence-electron chi connectivity index (χ3n) is 2.57. The van der Waals surface area contributed by atoms with Crippen molar-refractivity contribution in [2.45, 2.75) is 6.55 Å². The van der Waals surface area contributed by atoms with Crippen LogP contribution >= 0.6 is 0 Å². The summed E-state index contributed by atoms with van der Waals surface area (Å²) in [6.07, 6.45) is 2.46. The SMILES string of the molecule is COc1cc(-c2cnn(C(F)F)c2)ccc1C(=O)O. The van der Waals surface area contributed by atoms with Crippen LogP contribution < -0.4 is 4.74 Å². The largest absolute Gasteiger partial charge is 0.496 e. The van der Waals surface area contributed by atoms with Gasteiger partial charge in [-0.25, -0.2) is 9.48 Å². The van der Waals surface area contributed by atoms with E-state index in [4.69, 9.17) is 9.84 Å². The number of halogens is 2. The summed E-state index contributed by atoms with van der Waals surface area (Å²) in [5, 5.41) is 12.5. The molecule has 1 aromatic heterocycles. The van der Waals surface area contributed by atoms with Gasteiger partial charge in [0.25, 0.3) is 0 Å². The number of carboxylic acid groups (broad SMARTS) is 1. The van der Waals surface area contributed by atoms with Crippen molar-refractivity contribution in [1.82, 2.24) is 9.78 Å². The minimum atomic E-state index is -2.71. The Kier molecular flexibility index (Phi) is 3.46. The van der Waals surface area contributed by atoms with Crippen molar-refractivity contribution in [3.8, 4) is 16.9 Å². The van der Waals surface area contributed by atoms with Gasteiger partial charge in [-0.05, 0) is 17.7 Å². The number of methoxy groups -OCH3 is 1. The minimum Gasteiger partial charge on any atom is -0.496 e. The monoisotopic (exact) mass is 268 g/mol. The van der Waals surface area contributed by atoms with E-state index < -0.39 is 12.5 Å².